The highest BCUT2D eigenvalue weighted by molar-refractivity contribution is 6.31. The van der Waals surface area contributed by atoms with Gasteiger partial charge >= 0.3 is 0 Å². The number of amides is 1. The SMILES string of the molecule is CCn1nnc2cc(C(=O)Nc3ccc(OCc4ccccc4Cl)cc3)ccc21. The highest BCUT2D eigenvalue weighted by atomic mass is 35.5. The van der Waals surface area contributed by atoms with Crippen molar-refractivity contribution in [2.75, 3.05) is 5.32 Å². The molecule has 4 aromatic rings. The van der Waals surface area contributed by atoms with Crippen molar-refractivity contribution in [1.29, 1.82) is 0 Å². The number of fused-ring (bicyclic) bond motifs is 1. The number of benzene rings is 3. The molecule has 0 aliphatic rings. The first kappa shape index (κ1) is 19.0. The lowest BCUT2D eigenvalue weighted by atomic mass is 10.2. The Morgan fingerprint density at radius 2 is 1.90 bits per heavy atom. The zero-order chi connectivity index (χ0) is 20.2. The lowest BCUT2D eigenvalue weighted by Gasteiger charge is -2.09. The molecule has 146 valence electrons. The summed E-state index contributed by atoms with van der Waals surface area (Å²) in [6.45, 7) is 3.10. The molecule has 0 radical (unpaired) electrons. The van der Waals surface area contributed by atoms with E-state index in [4.69, 9.17) is 16.3 Å². The minimum atomic E-state index is -0.206. The Bertz CT molecular complexity index is 1160. The molecule has 0 spiro atoms. The van der Waals surface area contributed by atoms with Gasteiger partial charge in [0.1, 0.15) is 17.9 Å². The molecule has 0 saturated carbocycles. The van der Waals surface area contributed by atoms with Gasteiger partial charge in [0.05, 0.1) is 5.52 Å². The molecular weight excluding hydrogens is 388 g/mol. The predicted molar refractivity (Wildman–Crippen MR) is 113 cm³/mol. The van der Waals surface area contributed by atoms with Crippen LogP contribution in [0.2, 0.25) is 5.02 Å². The van der Waals surface area contributed by atoms with Crippen LogP contribution < -0.4 is 10.1 Å². The highest BCUT2D eigenvalue weighted by Crippen LogP contribution is 2.21. The summed E-state index contributed by atoms with van der Waals surface area (Å²) in [6.07, 6.45) is 0. The molecule has 1 heterocycles. The zero-order valence-electron chi connectivity index (χ0n) is 15.8. The second-order valence-electron chi connectivity index (χ2n) is 6.47. The summed E-state index contributed by atoms with van der Waals surface area (Å²) < 4.78 is 7.55. The first-order valence-electron chi connectivity index (χ1n) is 9.25. The topological polar surface area (TPSA) is 69.0 Å². The number of aryl methyl sites for hydroxylation is 1. The van der Waals surface area contributed by atoms with E-state index in [2.05, 4.69) is 15.6 Å². The van der Waals surface area contributed by atoms with Gasteiger partial charge in [0.25, 0.3) is 5.91 Å². The number of hydrogen-bond acceptors (Lipinski definition) is 4. The molecule has 1 N–H and O–H groups in total. The van der Waals surface area contributed by atoms with Crippen molar-refractivity contribution in [1.82, 2.24) is 15.0 Å². The van der Waals surface area contributed by atoms with E-state index in [0.717, 1.165) is 17.6 Å². The molecule has 0 bridgehead atoms. The Balaban J connectivity index is 1.40. The van der Waals surface area contributed by atoms with E-state index in [1.54, 1.807) is 28.9 Å². The summed E-state index contributed by atoms with van der Waals surface area (Å²) in [6, 6.07) is 20.1. The van der Waals surface area contributed by atoms with Crippen molar-refractivity contribution in [2.24, 2.45) is 0 Å². The number of ether oxygens (including phenoxy) is 1. The summed E-state index contributed by atoms with van der Waals surface area (Å²) >= 11 is 6.14. The smallest absolute Gasteiger partial charge is 0.255 e. The van der Waals surface area contributed by atoms with Gasteiger partial charge in [0.2, 0.25) is 0 Å². The van der Waals surface area contributed by atoms with Gasteiger partial charge in [-0.1, -0.05) is 35.0 Å². The zero-order valence-corrected chi connectivity index (χ0v) is 16.6. The van der Waals surface area contributed by atoms with Crippen LogP contribution in [0.1, 0.15) is 22.8 Å². The van der Waals surface area contributed by atoms with Crippen molar-refractivity contribution < 1.29 is 9.53 Å². The van der Waals surface area contributed by atoms with Crippen molar-refractivity contribution >= 4 is 34.2 Å². The maximum atomic E-state index is 12.6. The van der Waals surface area contributed by atoms with Crippen LogP contribution >= 0.6 is 11.6 Å². The number of anilines is 1. The van der Waals surface area contributed by atoms with Crippen LogP contribution in [0.5, 0.6) is 5.75 Å². The standard InChI is InChI=1S/C22H19ClN4O2/c1-2-27-21-12-7-15(13-20(21)25-26-27)22(28)24-17-8-10-18(11-9-17)29-14-16-5-3-4-6-19(16)23/h3-13H,2,14H2,1H3,(H,24,28). The minimum absolute atomic E-state index is 0.206. The molecule has 0 atom stereocenters. The predicted octanol–water partition coefficient (Wildman–Crippen LogP) is 4.94. The molecule has 4 rings (SSSR count). The number of aromatic nitrogens is 3. The third-order valence-corrected chi connectivity index (χ3v) is 4.91. The van der Waals surface area contributed by atoms with Crippen LogP contribution in [0.3, 0.4) is 0 Å². The normalized spacial score (nSPS) is 10.8. The maximum absolute atomic E-state index is 12.6. The van der Waals surface area contributed by atoms with Gasteiger partial charge in [-0.15, -0.1) is 5.10 Å². The van der Waals surface area contributed by atoms with Crippen molar-refractivity contribution in [3.05, 3.63) is 82.9 Å². The third kappa shape index (κ3) is 4.22. The lowest BCUT2D eigenvalue weighted by molar-refractivity contribution is 0.102. The van der Waals surface area contributed by atoms with Gasteiger partial charge in [0.15, 0.2) is 0 Å². The van der Waals surface area contributed by atoms with Crippen molar-refractivity contribution in [2.45, 2.75) is 20.1 Å². The fraction of sp³-hybridized carbons (Fsp3) is 0.136. The van der Waals surface area contributed by atoms with Crippen LogP contribution in [0.25, 0.3) is 11.0 Å². The van der Waals surface area contributed by atoms with Gasteiger partial charge in [-0.3, -0.25) is 4.79 Å². The number of halogens is 1. The van der Waals surface area contributed by atoms with Gasteiger partial charge in [-0.2, -0.15) is 0 Å². The van der Waals surface area contributed by atoms with Crippen LogP contribution in [-0.4, -0.2) is 20.9 Å². The van der Waals surface area contributed by atoms with Crippen molar-refractivity contribution in [3.8, 4) is 5.75 Å². The van der Waals surface area contributed by atoms with E-state index in [1.165, 1.54) is 0 Å². The number of carbonyl (C=O) groups excluding carboxylic acids is 1. The average molecular weight is 407 g/mol. The number of rotatable bonds is 6. The summed E-state index contributed by atoms with van der Waals surface area (Å²) in [7, 11) is 0. The van der Waals surface area contributed by atoms with E-state index in [1.807, 2.05) is 49.4 Å². The summed E-state index contributed by atoms with van der Waals surface area (Å²) in [5.74, 6) is 0.489. The highest BCUT2D eigenvalue weighted by Gasteiger charge is 2.10. The maximum Gasteiger partial charge on any atom is 0.255 e. The molecule has 0 aliphatic carbocycles. The van der Waals surface area contributed by atoms with Crippen LogP contribution in [0, 0.1) is 0 Å². The molecule has 3 aromatic carbocycles. The van der Waals surface area contributed by atoms with Gasteiger partial charge in [-0.05, 0) is 55.5 Å². The molecule has 0 fully saturated rings. The fourth-order valence-corrected chi connectivity index (χ4v) is 3.15. The largest absolute Gasteiger partial charge is 0.489 e. The summed E-state index contributed by atoms with van der Waals surface area (Å²) in [4.78, 5) is 12.6. The van der Waals surface area contributed by atoms with E-state index in [9.17, 15) is 4.79 Å². The van der Waals surface area contributed by atoms with Crippen molar-refractivity contribution in [3.63, 3.8) is 0 Å². The second-order valence-corrected chi connectivity index (χ2v) is 6.87. The Morgan fingerprint density at radius 3 is 2.66 bits per heavy atom. The van der Waals surface area contributed by atoms with Crippen LogP contribution in [-0.2, 0) is 13.2 Å². The van der Waals surface area contributed by atoms with Gasteiger partial charge in [0, 0.05) is 28.4 Å². The fourth-order valence-electron chi connectivity index (χ4n) is 2.96. The third-order valence-electron chi connectivity index (χ3n) is 4.54. The Morgan fingerprint density at radius 1 is 1.10 bits per heavy atom. The number of hydrogen-bond donors (Lipinski definition) is 1. The average Bonchev–Trinajstić information content (AvgIpc) is 3.16. The Labute approximate surface area is 173 Å². The number of nitrogens with zero attached hydrogens (tertiary/aromatic N) is 3. The minimum Gasteiger partial charge on any atom is -0.489 e. The number of carbonyl (C=O) groups is 1. The van der Waals surface area contributed by atoms with E-state index < -0.39 is 0 Å². The molecule has 0 unspecified atom stereocenters. The monoisotopic (exact) mass is 406 g/mol. The first-order chi connectivity index (χ1) is 14.1. The van der Waals surface area contributed by atoms with Gasteiger partial charge < -0.3 is 10.1 Å². The van der Waals surface area contributed by atoms with E-state index >= 15 is 0 Å². The van der Waals surface area contributed by atoms with E-state index in [0.29, 0.717) is 34.1 Å². The Kier molecular flexibility index (Phi) is 5.44. The molecule has 1 amide bonds. The van der Waals surface area contributed by atoms with E-state index in [-0.39, 0.29) is 5.91 Å². The molecule has 6 nitrogen and oxygen atoms in total. The molecular formula is C22H19ClN4O2. The Hall–Kier alpha value is -3.38. The van der Waals surface area contributed by atoms with Gasteiger partial charge in [-0.25, -0.2) is 4.68 Å². The molecule has 7 heteroatoms. The first-order valence-corrected chi connectivity index (χ1v) is 9.62. The summed E-state index contributed by atoms with van der Waals surface area (Å²) in [5.41, 5.74) is 3.73. The summed E-state index contributed by atoms with van der Waals surface area (Å²) in [5, 5.41) is 11.7. The molecule has 29 heavy (non-hydrogen) atoms. The second kappa shape index (κ2) is 8.32. The van der Waals surface area contributed by atoms with Crippen LogP contribution in [0.15, 0.2) is 66.7 Å². The lowest BCUT2D eigenvalue weighted by Crippen LogP contribution is -2.11. The molecule has 1 aromatic heterocycles. The quantitative estimate of drug-likeness (QED) is 0.492. The molecule has 0 aliphatic heterocycles. The molecule has 0 saturated heterocycles. The number of nitrogens with one attached hydrogen (secondary N) is 1. The van der Waals surface area contributed by atoms with Crippen LogP contribution in [0.4, 0.5) is 5.69 Å².